The second-order valence-electron chi connectivity index (χ2n) is 8.05. The summed E-state index contributed by atoms with van der Waals surface area (Å²) in [6, 6.07) is 11.6. The summed E-state index contributed by atoms with van der Waals surface area (Å²) in [6.45, 7) is 6.18. The molecule has 164 valence electrons. The van der Waals surface area contributed by atoms with E-state index in [1.165, 1.54) is 5.69 Å². The number of nitrogens with one attached hydrogen (secondary N) is 1. The van der Waals surface area contributed by atoms with Crippen molar-refractivity contribution in [1.29, 1.82) is 0 Å². The van der Waals surface area contributed by atoms with Crippen LogP contribution in [0.4, 0.5) is 0 Å². The van der Waals surface area contributed by atoms with Crippen LogP contribution in [-0.2, 0) is 7.05 Å². The van der Waals surface area contributed by atoms with Gasteiger partial charge in [0, 0.05) is 57.2 Å². The molecule has 1 N–H and O–H groups in total. The number of halogens is 1. The molecule has 1 saturated heterocycles. The summed E-state index contributed by atoms with van der Waals surface area (Å²) in [5.74, 6) is 0.268. The molecular formula is C23H28ClN5O2. The maximum absolute atomic E-state index is 13.2. The SMILES string of the molecule is Cc1onc(-c2ccccc2Cl)c1C(=O)NCC(c1cccn1C)N1CCN(C)CC1. The first-order valence-electron chi connectivity index (χ1n) is 10.5. The fourth-order valence-corrected chi connectivity index (χ4v) is 4.35. The molecule has 0 saturated carbocycles. The third-order valence-electron chi connectivity index (χ3n) is 5.98. The van der Waals surface area contributed by atoms with E-state index in [1.807, 2.05) is 37.5 Å². The Morgan fingerprint density at radius 3 is 2.58 bits per heavy atom. The molecule has 0 spiro atoms. The molecule has 1 aromatic carbocycles. The zero-order chi connectivity index (χ0) is 22.0. The molecule has 0 bridgehead atoms. The number of nitrogens with zero attached hydrogens (tertiary/aromatic N) is 4. The van der Waals surface area contributed by atoms with Crippen molar-refractivity contribution < 1.29 is 9.32 Å². The zero-order valence-electron chi connectivity index (χ0n) is 18.1. The van der Waals surface area contributed by atoms with Gasteiger partial charge in [-0.05, 0) is 32.2 Å². The number of carbonyl (C=O) groups is 1. The van der Waals surface area contributed by atoms with Crippen molar-refractivity contribution in [3.05, 3.63) is 64.6 Å². The predicted octanol–water partition coefficient (Wildman–Crippen LogP) is 3.36. The van der Waals surface area contributed by atoms with Gasteiger partial charge in [0.15, 0.2) is 0 Å². The van der Waals surface area contributed by atoms with Gasteiger partial charge in [0.1, 0.15) is 17.0 Å². The third kappa shape index (κ3) is 4.54. The highest BCUT2D eigenvalue weighted by Crippen LogP contribution is 2.31. The summed E-state index contributed by atoms with van der Waals surface area (Å²) < 4.78 is 7.48. The number of benzene rings is 1. The van der Waals surface area contributed by atoms with E-state index in [-0.39, 0.29) is 11.9 Å². The average Bonchev–Trinajstić information content (AvgIpc) is 3.35. The minimum Gasteiger partial charge on any atom is -0.360 e. The van der Waals surface area contributed by atoms with Gasteiger partial charge >= 0.3 is 0 Å². The Morgan fingerprint density at radius 1 is 1.16 bits per heavy atom. The second kappa shape index (κ2) is 9.26. The fraction of sp³-hybridized carbons (Fsp3) is 0.391. The summed E-state index contributed by atoms with van der Waals surface area (Å²) in [7, 11) is 4.18. The van der Waals surface area contributed by atoms with E-state index in [4.69, 9.17) is 16.1 Å². The maximum Gasteiger partial charge on any atom is 0.257 e. The van der Waals surface area contributed by atoms with E-state index in [1.54, 1.807) is 13.0 Å². The van der Waals surface area contributed by atoms with Crippen LogP contribution in [0.5, 0.6) is 0 Å². The van der Waals surface area contributed by atoms with Crippen LogP contribution in [0.2, 0.25) is 5.02 Å². The topological polar surface area (TPSA) is 66.5 Å². The number of aryl methyl sites for hydroxylation is 2. The quantitative estimate of drug-likeness (QED) is 0.635. The Balaban J connectivity index is 1.56. The number of rotatable bonds is 6. The van der Waals surface area contributed by atoms with Crippen LogP contribution in [0.25, 0.3) is 11.3 Å². The van der Waals surface area contributed by atoms with E-state index in [9.17, 15) is 4.79 Å². The minimum atomic E-state index is -0.206. The van der Waals surface area contributed by atoms with Crippen LogP contribution < -0.4 is 5.32 Å². The van der Waals surface area contributed by atoms with Crippen LogP contribution in [0.1, 0.15) is 27.9 Å². The summed E-state index contributed by atoms with van der Waals surface area (Å²) in [5, 5.41) is 7.78. The molecule has 1 aliphatic rings. The molecule has 0 radical (unpaired) electrons. The van der Waals surface area contributed by atoms with Crippen LogP contribution in [0.15, 0.2) is 47.1 Å². The third-order valence-corrected chi connectivity index (χ3v) is 6.31. The van der Waals surface area contributed by atoms with Gasteiger partial charge in [-0.1, -0.05) is 35.0 Å². The van der Waals surface area contributed by atoms with E-state index in [0.29, 0.717) is 34.1 Å². The van der Waals surface area contributed by atoms with Crippen LogP contribution in [0, 0.1) is 6.92 Å². The van der Waals surface area contributed by atoms with Crippen LogP contribution in [-0.4, -0.2) is 65.2 Å². The Kier molecular flexibility index (Phi) is 6.46. The summed E-state index contributed by atoms with van der Waals surface area (Å²) in [5.41, 5.74) is 2.76. The number of carbonyl (C=O) groups excluding carboxylic acids is 1. The molecule has 4 rings (SSSR count). The molecule has 3 aromatic rings. The standard InChI is InChI=1S/C23H28ClN5O2/c1-16-21(22(26-31-16)17-7-4-5-8-18(17)24)23(30)25-15-20(19-9-6-10-28(19)3)29-13-11-27(2)12-14-29/h4-10,20H,11-15H2,1-3H3,(H,25,30). The molecule has 1 unspecified atom stereocenters. The maximum atomic E-state index is 13.2. The van der Waals surface area contributed by atoms with Crippen molar-refractivity contribution in [3.63, 3.8) is 0 Å². The normalized spacial score (nSPS) is 16.4. The van der Waals surface area contributed by atoms with Gasteiger partial charge in [0.2, 0.25) is 0 Å². The Hall–Kier alpha value is -2.61. The van der Waals surface area contributed by atoms with Crippen molar-refractivity contribution in [3.8, 4) is 11.3 Å². The lowest BCUT2D eigenvalue weighted by Crippen LogP contribution is -2.49. The number of likely N-dealkylation sites (N-methyl/N-ethyl adjacent to an activating group) is 1. The van der Waals surface area contributed by atoms with Gasteiger partial charge < -0.3 is 19.3 Å². The summed E-state index contributed by atoms with van der Waals surface area (Å²) in [6.07, 6.45) is 2.04. The summed E-state index contributed by atoms with van der Waals surface area (Å²) >= 11 is 6.34. The number of amides is 1. The largest absolute Gasteiger partial charge is 0.360 e. The molecule has 0 aliphatic carbocycles. The van der Waals surface area contributed by atoms with Gasteiger partial charge in [-0.2, -0.15) is 0 Å². The molecular weight excluding hydrogens is 414 g/mol. The van der Waals surface area contributed by atoms with Gasteiger partial charge in [-0.15, -0.1) is 0 Å². The number of aromatic nitrogens is 2. The lowest BCUT2D eigenvalue weighted by Gasteiger charge is -2.38. The van der Waals surface area contributed by atoms with E-state index >= 15 is 0 Å². The van der Waals surface area contributed by atoms with Crippen LogP contribution >= 0.6 is 11.6 Å². The molecule has 3 heterocycles. The van der Waals surface area contributed by atoms with Crippen molar-refractivity contribution in [2.45, 2.75) is 13.0 Å². The van der Waals surface area contributed by atoms with Crippen molar-refractivity contribution in [1.82, 2.24) is 24.8 Å². The second-order valence-corrected chi connectivity index (χ2v) is 8.46. The average molecular weight is 442 g/mol. The lowest BCUT2D eigenvalue weighted by atomic mass is 10.0. The molecule has 1 fully saturated rings. The molecule has 8 heteroatoms. The van der Waals surface area contributed by atoms with Crippen molar-refractivity contribution in [2.75, 3.05) is 39.8 Å². The molecule has 7 nitrogen and oxygen atoms in total. The Morgan fingerprint density at radius 2 is 1.90 bits per heavy atom. The molecule has 31 heavy (non-hydrogen) atoms. The number of piperazine rings is 1. The molecule has 1 atom stereocenters. The minimum absolute atomic E-state index is 0.0848. The highest BCUT2D eigenvalue weighted by molar-refractivity contribution is 6.33. The van der Waals surface area contributed by atoms with Gasteiger partial charge in [-0.3, -0.25) is 9.69 Å². The van der Waals surface area contributed by atoms with Crippen LogP contribution in [0.3, 0.4) is 0 Å². The fourth-order valence-electron chi connectivity index (χ4n) is 4.13. The van der Waals surface area contributed by atoms with Crippen molar-refractivity contribution in [2.24, 2.45) is 7.05 Å². The van der Waals surface area contributed by atoms with Gasteiger partial charge in [0.05, 0.1) is 11.1 Å². The first kappa shape index (κ1) is 21.6. The van der Waals surface area contributed by atoms with E-state index in [2.05, 4.69) is 38.0 Å². The smallest absolute Gasteiger partial charge is 0.257 e. The zero-order valence-corrected chi connectivity index (χ0v) is 18.9. The van der Waals surface area contributed by atoms with Gasteiger partial charge in [0.25, 0.3) is 5.91 Å². The number of hydrogen-bond donors (Lipinski definition) is 1. The highest BCUT2D eigenvalue weighted by atomic mass is 35.5. The first-order valence-corrected chi connectivity index (χ1v) is 10.9. The molecule has 2 aromatic heterocycles. The number of hydrogen-bond acceptors (Lipinski definition) is 5. The van der Waals surface area contributed by atoms with Gasteiger partial charge in [-0.25, -0.2) is 0 Å². The lowest BCUT2D eigenvalue weighted by molar-refractivity contribution is 0.0876. The van der Waals surface area contributed by atoms with Crippen molar-refractivity contribution >= 4 is 17.5 Å². The molecule has 1 amide bonds. The first-order chi connectivity index (χ1) is 15.0. The van der Waals surface area contributed by atoms with E-state index < -0.39 is 0 Å². The molecule has 1 aliphatic heterocycles. The highest BCUT2D eigenvalue weighted by Gasteiger charge is 2.28. The Bertz CT molecular complexity index is 1050. The van der Waals surface area contributed by atoms with E-state index in [0.717, 1.165) is 26.2 Å². The monoisotopic (exact) mass is 441 g/mol. The Labute approximate surface area is 187 Å². The predicted molar refractivity (Wildman–Crippen MR) is 121 cm³/mol. The summed E-state index contributed by atoms with van der Waals surface area (Å²) in [4.78, 5) is 18.0.